The van der Waals surface area contributed by atoms with Crippen molar-refractivity contribution in [2.24, 2.45) is 0 Å². The molecule has 0 unspecified atom stereocenters. The van der Waals surface area contributed by atoms with E-state index in [0.29, 0.717) is 12.5 Å². The molecule has 0 radical (unpaired) electrons. The van der Waals surface area contributed by atoms with Crippen molar-refractivity contribution in [3.05, 3.63) is 12.2 Å². The highest BCUT2D eigenvalue weighted by atomic mass is 16.5. The third-order valence-corrected chi connectivity index (χ3v) is 4.11. The van der Waals surface area contributed by atoms with Crippen molar-refractivity contribution in [2.45, 2.75) is 103 Å². The smallest absolute Gasteiger partial charge is 0.303 e. The first-order valence-corrected chi connectivity index (χ1v) is 9.69. The van der Waals surface area contributed by atoms with Crippen molar-refractivity contribution in [1.29, 1.82) is 0 Å². The molecule has 0 heterocycles. The maximum atomic E-state index is 10.4. The third kappa shape index (κ3) is 17.4. The molecule has 0 aromatic carbocycles. The third-order valence-electron chi connectivity index (χ3n) is 4.11. The molecule has 3 nitrogen and oxygen atoms in total. The van der Waals surface area contributed by atoms with Gasteiger partial charge in [-0.3, -0.25) is 4.79 Å². The summed E-state index contributed by atoms with van der Waals surface area (Å²) in [6.45, 7) is 5.13. The Balaban J connectivity index is 3.53. The van der Waals surface area contributed by atoms with Gasteiger partial charge in [0.15, 0.2) is 0 Å². The number of carbonyl (C=O) groups is 1. The molecule has 0 saturated heterocycles. The Hall–Kier alpha value is -0.830. The van der Waals surface area contributed by atoms with Crippen molar-refractivity contribution in [3.8, 4) is 0 Å². The second kappa shape index (κ2) is 17.5. The lowest BCUT2D eigenvalue weighted by Gasteiger charge is -2.14. The summed E-state index contributed by atoms with van der Waals surface area (Å²) < 4.78 is 5.81. The van der Waals surface area contributed by atoms with E-state index in [9.17, 15) is 4.79 Å². The highest BCUT2D eigenvalue weighted by molar-refractivity contribution is 5.66. The van der Waals surface area contributed by atoms with Gasteiger partial charge in [-0.05, 0) is 39.0 Å². The molecule has 0 spiro atoms. The van der Waals surface area contributed by atoms with E-state index >= 15 is 0 Å². The van der Waals surface area contributed by atoms with Crippen LogP contribution in [-0.2, 0) is 9.53 Å². The summed E-state index contributed by atoms with van der Waals surface area (Å²) in [4.78, 5) is 10.4. The molecule has 3 heteroatoms. The predicted octanol–water partition coefficient (Wildman–Crippen LogP) is 6.12. The molecule has 0 amide bonds. The zero-order valence-electron chi connectivity index (χ0n) is 15.4. The summed E-state index contributed by atoms with van der Waals surface area (Å²) in [7, 11) is 0. The van der Waals surface area contributed by atoms with Crippen molar-refractivity contribution < 1.29 is 14.6 Å². The van der Waals surface area contributed by atoms with Crippen LogP contribution in [0.3, 0.4) is 0 Å². The molecule has 136 valence electrons. The normalized spacial score (nSPS) is 12.8. The minimum Gasteiger partial charge on any atom is -0.481 e. The van der Waals surface area contributed by atoms with E-state index in [0.717, 1.165) is 38.7 Å². The topological polar surface area (TPSA) is 46.5 Å². The molecule has 1 atom stereocenters. The van der Waals surface area contributed by atoms with E-state index in [-0.39, 0.29) is 0 Å². The quantitative estimate of drug-likeness (QED) is 0.258. The van der Waals surface area contributed by atoms with E-state index < -0.39 is 5.97 Å². The number of ether oxygens (including phenoxy) is 1. The van der Waals surface area contributed by atoms with Gasteiger partial charge in [0.25, 0.3) is 0 Å². The molecular formula is C20H38O3. The number of hydrogen-bond acceptors (Lipinski definition) is 2. The number of rotatable bonds is 17. The SMILES string of the molecule is CCCCCC[C@H](C/C=C\CCCCCCCC(=O)O)OCC. The largest absolute Gasteiger partial charge is 0.481 e. The standard InChI is InChI=1S/C20H38O3/c1-3-5-6-13-16-19(23-4-2)17-14-11-9-7-8-10-12-15-18-20(21)22/h11,14,19H,3-10,12-13,15-18H2,1-2H3,(H,21,22)/b14-11-/t19-/m1/s1. The van der Waals surface area contributed by atoms with Crippen LogP contribution in [0.15, 0.2) is 12.2 Å². The van der Waals surface area contributed by atoms with Gasteiger partial charge in [0.2, 0.25) is 0 Å². The van der Waals surface area contributed by atoms with Gasteiger partial charge in [-0.1, -0.05) is 64.0 Å². The molecule has 0 bridgehead atoms. The average Bonchev–Trinajstić information content (AvgIpc) is 2.52. The van der Waals surface area contributed by atoms with Crippen LogP contribution in [0.2, 0.25) is 0 Å². The zero-order chi connectivity index (χ0) is 17.2. The molecule has 0 aromatic rings. The second-order valence-corrected chi connectivity index (χ2v) is 6.33. The maximum absolute atomic E-state index is 10.4. The number of carboxylic acid groups (broad SMARTS) is 1. The van der Waals surface area contributed by atoms with E-state index in [1.54, 1.807) is 0 Å². The first kappa shape index (κ1) is 22.2. The minimum absolute atomic E-state index is 0.316. The van der Waals surface area contributed by atoms with Crippen LogP contribution in [0.4, 0.5) is 0 Å². The lowest BCUT2D eigenvalue weighted by atomic mass is 10.1. The van der Waals surface area contributed by atoms with Crippen LogP contribution in [0.25, 0.3) is 0 Å². The summed E-state index contributed by atoms with van der Waals surface area (Å²) in [5.41, 5.74) is 0. The molecule has 0 rings (SSSR count). The molecule has 0 aliphatic carbocycles. The van der Waals surface area contributed by atoms with Gasteiger partial charge in [-0.15, -0.1) is 0 Å². The van der Waals surface area contributed by atoms with Gasteiger partial charge >= 0.3 is 5.97 Å². The lowest BCUT2D eigenvalue weighted by Crippen LogP contribution is -2.11. The predicted molar refractivity (Wildman–Crippen MR) is 97.9 cm³/mol. The molecule has 0 saturated carbocycles. The molecular weight excluding hydrogens is 288 g/mol. The number of allylic oxidation sites excluding steroid dienone is 1. The summed E-state index contributed by atoms with van der Waals surface area (Å²) in [5, 5.41) is 8.56. The molecule has 1 N–H and O–H groups in total. The van der Waals surface area contributed by atoms with Crippen molar-refractivity contribution in [1.82, 2.24) is 0 Å². The molecule has 0 aliphatic rings. The monoisotopic (exact) mass is 326 g/mol. The van der Waals surface area contributed by atoms with E-state index in [1.807, 2.05) is 0 Å². The summed E-state index contributed by atoms with van der Waals surface area (Å²) in [6.07, 6.45) is 19.3. The van der Waals surface area contributed by atoms with Crippen LogP contribution < -0.4 is 0 Å². The van der Waals surface area contributed by atoms with Gasteiger partial charge < -0.3 is 9.84 Å². The van der Waals surface area contributed by atoms with Crippen LogP contribution in [0.1, 0.15) is 97.3 Å². The summed E-state index contributed by atoms with van der Waals surface area (Å²) in [5.74, 6) is -0.675. The van der Waals surface area contributed by atoms with Crippen LogP contribution in [0, 0.1) is 0 Å². The molecule has 0 aliphatic heterocycles. The fraction of sp³-hybridized carbons (Fsp3) is 0.850. The summed E-state index contributed by atoms with van der Waals surface area (Å²) in [6, 6.07) is 0. The lowest BCUT2D eigenvalue weighted by molar-refractivity contribution is -0.137. The summed E-state index contributed by atoms with van der Waals surface area (Å²) >= 11 is 0. The van der Waals surface area contributed by atoms with Gasteiger partial charge in [-0.25, -0.2) is 0 Å². The highest BCUT2D eigenvalue weighted by Crippen LogP contribution is 2.13. The first-order valence-electron chi connectivity index (χ1n) is 9.69. The number of carboxylic acids is 1. The Morgan fingerprint density at radius 3 is 2.35 bits per heavy atom. The maximum Gasteiger partial charge on any atom is 0.303 e. The van der Waals surface area contributed by atoms with Crippen LogP contribution >= 0.6 is 0 Å². The van der Waals surface area contributed by atoms with Crippen molar-refractivity contribution in [3.63, 3.8) is 0 Å². The number of hydrogen-bond donors (Lipinski definition) is 1. The van der Waals surface area contributed by atoms with E-state index in [1.165, 1.54) is 44.9 Å². The highest BCUT2D eigenvalue weighted by Gasteiger charge is 2.05. The Bertz CT molecular complexity index is 287. The van der Waals surface area contributed by atoms with Crippen LogP contribution in [-0.4, -0.2) is 23.8 Å². The number of aliphatic carboxylic acids is 1. The molecule has 23 heavy (non-hydrogen) atoms. The average molecular weight is 327 g/mol. The zero-order valence-corrected chi connectivity index (χ0v) is 15.4. The van der Waals surface area contributed by atoms with E-state index in [4.69, 9.17) is 9.84 Å². The molecule has 0 aromatic heterocycles. The van der Waals surface area contributed by atoms with Gasteiger partial charge in [0.1, 0.15) is 0 Å². The van der Waals surface area contributed by atoms with Gasteiger partial charge in [0, 0.05) is 13.0 Å². The Morgan fingerprint density at radius 1 is 0.957 bits per heavy atom. The minimum atomic E-state index is -0.675. The van der Waals surface area contributed by atoms with Crippen LogP contribution in [0.5, 0.6) is 0 Å². The van der Waals surface area contributed by atoms with Gasteiger partial charge in [0.05, 0.1) is 6.10 Å². The first-order chi connectivity index (χ1) is 11.2. The van der Waals surface area contributed by atoms with E-state index in [2.05, 4.69) is 26.0 Å². The van der Waals surface area contributed by atoms with Crippen molar-refractivity contribution in [2.75, 3.05) is 6.61 Å². The fourth-order valence-electron chi connectivity index (χ4n) is 2.74. The molecule has 0 fully saturated rings. The Labute approximate surface area is 143 Å². The Kier molecular flexibility index (Phi) is 16.9. The second-order valence-electron chi connectivity index (χ2n) is 6.33. The number of unbranched alkanes of at least 4 members (excludes halogenated alkanes) is 8. The fourth-order valence-corrected chi connectivity index (χ4v) is 2.74. The van der Waals surface area contributed by atoms with Gasteiger partial charge in [-0.2, -0.15) is 0 Å². The van der Waals surface area contributed by atoms with Crippen molar-refractivity contribution >= 4 is 5.97 Å². The Morgan fingerprint density at radius 2 is 1.65 bits per heavy atom.